The lowest BCUT2D eigenvalue weighted by Crippen LogP contribution is -2.51. The summed E-state index contributed by atoms with van der Waals surface area (Å²) in [6, 6.07) is 5.90. The Bertz CT molecular complexity index is 503. The third-order valence-corrected chi connectivity index (χ3v) is 4.59. The van der Waals surface area contributed by atoms with Gasteiger partial charge in [0, 0.05) is 30.5 Å². The maximum Gasteiger partial charge on any atom is 0.156 e. The number of benzene rings is 1. The van der Waals surface area contributed by atoms with E-state index in [2.05, 4.69) is 10.3 Å². The number of rotatable bonds is 0. The van der Waals surface area contributed by atoms with Crippen molar-refractivity contribution in [2.45, 2.75) is 18.4 Å². The summed E-state index contributed by atoms with van der Waals surface area (Å²) >= 11 is 1.78. The highest BCUT2D eigenvalue weighted by atomic mass is 32.2. The average Bonchev–Trinajstić information content (AvgIpc) is 2.40. The van der Waals surface area contributed by atoms with Crippen LogP contribution in [-0.4, -0.2) is 24.6 Å². The highest BCUT2D eigenvalue weighted by Gasteiger charge is 2.40. The standard InChI is InChI=1S/C13H17N3OS/c1-15-12-16-13(5-7-18-12)4-6-17-11-3-2-9(14)8-10(11)13/h2-3,8H,4-7,14H2,1H3,(H,15,16). The van der Waals surface area contributed by atoms with Crippen LogP contribution in [0, 0.1) is 0 Å². The molecule has 1 spiro atoms. The van der Waals surface area contributed by atoms with E-state index in [-0.39, 0.29) is 5.54 Å². The maximum atomic E-state index is 5.92. The average molecular weight is 263 g/mol. The van der Waals surface area contributed by atoms with E-state index >= 15 is 0 Å². The summed E-state index contributed by atoms with van der Waals surface area (Å²) in [4.78, 5) is 4.29. The lowest BCUT2D eigenvalue weighted by molar-refractivity contribution is 0.197. The zero-order valence-corrected chi connectivity index (χ0v) is 11.2. The summed E-state index contributed by atoms with van der Waals surface area (Å²) in [6.07, 6.45) is 2.04. The third-order valence-electron chi connectivity index (χ3n) is 3.62. The van der Waals surface area contributed by atoms with E-state index in [1.807, 2.05) is 25.2 Å². The maximum absolute atomic E-state index is 5.92. The second-order valence-corrected chi connectivity index (χ2v) is 5.77. The monoisotopic (exact) mass is 263 g/mol. The van der Waals surface area contributed by atoms with Crippen LogP contribution >= 0.6 is 11.8 Å². The normalized spacial score (nSPS) is 28.6. The summed E-state index contributed by atoms with van der Waals surface area (Å²) in [6.45, 7) is 0.742. The van der Waals surface area contributed by atoms with Crippen LogP contribution < -0.4 is 15.8 Å². The van der Waals surface area contributed by atoms with Crippen molar-refractivity contribution >= 4 is 22.6 Å². The molecule has 1 atom stereocenters. The molecule has 4 nitrogen and oxygen atoms in total. The van der Waals surface area contributed by atoms with Gasteiger partial charge in [0.1, 0.15) is 5.75 Å². The molecule has 1 aromatic rings. The molecule has 1 fully saturated rings. The van der Waals surface area contributed by atoms with Gasteiger partial charge in [-0.2, -0.15) is 0 Å². The Labute approximate surface area is 111 Å². The van der Waals surface area contributed by atoms with Gasteiger partial charge in [0.25, 0.3) is 0 Å². The second-order valence-electron chi connectivity index (χ2n) is 4.69. The fourth-order valence-corrected chi connectivity index (χ4v) is 3.69. The molecule has 5 heteroatoms. The zero-order valence-electron chi connectivity index (χ0n) is 10.4. The molecule has 3 rings (SSSR count). The number of amidine groups is 1. The minimum atomic E-state index is -0.0525. The number of aliphatic imine (C=N–C) groups is 1. The van der Waals surface area contributed by atoms with Crippen molar-refractivity contribution in [3.05, 3.63) is 23.8 Å². The molecular formula is C13H17N3OS. The molecule has 0 radical (unpaired) electrons. The number of hydrogen-bond acceptors (Lipinski definition) is 4. The second kappa shape index (κ2) is 4.39. The van der Waals surface area contributed by atoms with Gasteiger partial charge >= 0.3 is 0 Å². The van der Waals surface area contributed by atoms with E-state index in [1.54, 1.807) is 11.8 Å². The first-order chi connectivity index (χ1) is 8.73. The molecule has 2 aliphatic rings. The first-order valence-electron chi connectivity index (χ1n) is 6.14. The van der Waals surface area contributed by atoms with Gasteiger partial charge in [-0.3, -0.25) is 4.99 Å². The Morgan fingerprint density at radius 3 is 3.17 bits per heavy atom. The van der Waals surface area contributed by atoms with E-state index in [9.17, 15) is 0 Å². The van der Waals surface area contributed by atoms with Crippen LogP contribution in [0.1, 0.15) is 18.4 Å². The molecule has 0 saturated carbocycles. The van der Waals surface area contributed by atoms with E-state index in [0.29, 0.717) is 0 Å². The minimum absolute atomic E-state index is 0.0525. The van der Waals surface area contributed by atoms with Crippen LogP contribution in [0.15, 0.2) is 23.2 Å². The van der Waals surface area contributed by atoms with Crippen molar-refractivity contribution in [2.75, 3.05) is 25.1 Å². The van der Waals surface area contributed by atoms with Gasteiger partial charge in [-0.15, -0.1) is 0 Å². The van der Waals surface area contributed by atoms with E-state index < -0.39 is 0 Å². The predicted octanol–water partition coefficient (Wildman–Crippen LogP) is 1.96. The smallest absolute Gasteiger partial charge is 0.156 e. The van der Waals surface area contributed by atoms with Crippen LogP contribution in [0.25, 0.3) is 0 Å². The number of nitrogens with one attached hydrogen (secondary N) is 1. The largest absolute Gasteiger partial charge is 0.493 e. The molecule has 1 saturated heterocycles. The molecule has 2 aliphatic heterocycles. The molecule has 1 aromatic carbocycles. The quantitative estimate of drug-likeness (QED) is 0.702. The molecular weight excluding hydrogens is 246 g/mol. The number of nitrogen functional groups attached to an aromatic ring is 1. The molecule has 0 aromatic heterocycles. The summed E-state index contributed by atoms with van der Waals surface area (Å²) in [5.41, 5.74) is 7.83. The van der Waals surface area contributed by atoms with Gasteiger partial charge in [0.15, 0.2) is 5.17 Å². The minimum Gasteiger partial charge on any atom is -0.493 e. The predicted molar refractivity (Wildman–Crippen MR) is 76.2 cm³/mol. The summed E-state index contributed by atoms with van der Waals surface area (Å²) in [7, 11) is 1.83. The number of fused-ring (bicyclic) bond motifs is 2. The Balaban J connectivity index is 2.06. The molecule has 18 heavy (non-hydrogen) atoms. The van der Waals surface area contributed by atoms with Crippen molar-refractivity contribution in [1.82, 2.24) is 5.32 Å². The topological polar surface area (TPSA) is 59.6 Å². The number of anilines is 1. The summed E-state index contributed by atoms with van der Waals surface area (Å²) in [5, 5.41) is 4.59. The van der Waals surface area contributed by atoms with Crippen molar-refractivity contribution in [1.29, 1.82) is 0 Å². The van der Waals surface area contributed by atoms with Crippen molar-refractivity contribution in [3.63, 3.8) is 0 Å². The van der Waals surface area contributed by atoms with Crippen LogP contribution in [0.3, 0.4) is 0 Å². The fourth-order valence-electron chi connectivity index (χ4n) is 2.65. The van der Waals surface area contributed by atoms with Crippen LogP contribution in [-0.2, 0) is 5.54 Å². The third kappa shape index (κ3) is 1.82. The Morgan fingerprint density at radius 2 is 2.33 bits per heavy atom. The highest BCUT2D eigenvalue weighted by molar-refractivity contribution is 8.13. The van der Waals surface area contributed by atoms with Gasteiger partial charge in [-0.1, -0.05) is 11.8 Å². The van der Waals surface area contributed by atoms with Crippen molar-refractivity contribution in [2.24, 2.45) is 4.99 Å². The van der Waals surface area contributed by atoms with Crippen LogP contribution in [0.2, 0.25) is 0 Å². The van der Waals surface area contributed by atoms with Crippen molar-refractivity contribution < 1.29 is 4.74 Å². The van der Waals surface area contributed by atoms with Gasteiger partial charge in [-0.25, -0.2) is 0 Å². The molecule has 0 amide bonds. The SMILES string of the molecule is CN=C1NC2(CCOc3ccc(N)cc32)CCS1. The fraction of sp³-hybridized carbons (Fsp3) is 0.462. The number of nitrogens with zero attached hydrogens (tertiary/aromatic N) is 1. The van der Waals surface area contributed by atoms with E-state index in [0.717, 1.165) is 41.8 Å². The van der Waals surface area contributed by atoms with Gasteiger partial charge in [0.2, 0.25) is 0 Å². The van der Waals surface area contributed by atoms with Gasteiger partial charge in [0.05, 0.1) is 12.1 Å². The Hall–Kier alpha value is -1.36. The van der Waals surface area contributed by atoms with E-state index in [4.69, 9.17) is 10.5 Å². The summed E-state index contributed by atoms with van der Waals surface area (Å²) < 4.78 is 5.73. The molecule has 0 aliphatic carbocycles. The summed E-state index contributed by atoms with van der Waals surface area (Å²) in [5.74, 6) is 2.03. The molecule has 3 N–H and O–H groups in total. The van der Waals surface area contributed by atoms with E-state index in [1.165, 1.54) is 5.56 Å². The lowest BCUT2D eigenvalue weighted by atomic mass is 9.82. The Kier molecular flexibility index (Phi) is 2.86. The first-order valence-corrected chi connectivity index (χ1v) is 7.13. The molecule has 2 heterocycles. The zero-order chi connectivity index (χ0) is 12.6. The van der Waals surface area contributed by atoms with Crippen molar-refractivity contribution in [3.8, 4) is 5.75 Å². The number of ether oxygens (including phenoxy) is 1. The number of nitrogens with two attached hydrogens (primary N) is 1. The lowest BCUT2D eigenvalue weighted by Gasteiger charge is -2.43. The molecule has 0 bridgehead atoms. The Morgan fingerprint density at radius 1 is 1.44 bits per heavy atom. The molecule has 96 valence electrons. The number of thioether (sulfide) groups is 1. The van der Waals surface area contributed by atoms with Gasteiger partial charge in [-0.05, 0) is 24.6 Å². The molecule has 1 unspecified atom stereocenters. The van der Waals surface area contributed by atoms with Crippen LogP contribution in [0.5, 0.6) is 5.75 Å². The van der Waals surface area contributed by atoms with Crippen LogP contribution in [0.4, 0.5) is 5.69 Å². The van der Waals surface area contributed by atoms with Gasteiger partial charge < -0.3 is 15.8 Å². The first kappa shape index (κ1) is 11.7. The number of hydrogen-bond donors (Lipinski definition) is 2. The highest BCUT2D eigenvalue weighted by Crippen LogP contribution is 2.43.